The van der Waals surface area contributed by atoms with Gasteiger partial charge in [0.05, 0.1) is 25.4 Å². The van der Waals surface area contributed by atoms with Gasteiger partial charge in [-0.3, -0.25) is 0 Å². The lowest BCUT2D eigenvalue weighted by Gasteiger charge is -2.10. The van der Waals surface area contributed by atoms with Crippen LogP contribution in [0.5, 0.6) is 0 Å². The van der Waals surface area contributed by atoms with E-state index in [0.717, 1.165) is 0 Å². The molecule has 0 radical (unpaired) electrons. The summed E-state index contributed by atoms with van der Waals surface area (Å²) < 4.78 is 8.80. The minimum Gasteiger partial charge on any atom is -0.116 e. The largest absolute Gasteiger partial charge is 0.116 e. The van der Waals surface area contributed by atoms with E-state index in [4.69, 9.17) is 0 Å². The van der Waals surface area contributed by atoms with Crippen molar-refractivity contribution in [3.63, 3.8) is 0 Å². The van der Waals surface area contributed by atoms with E-state index in [0.29, 0.717) is 0 Å². The lowest BCUT2D eigenvalue weighted by molar-refractivity contribution is 0.718. The zero-order chi connectivity index (χ0) is 28.8. The van der Waals surface area contributed by atoms with Crippen LogP contribution in [0, 0.1) is 6.92 Å². The Morgan fingerprint density at radius 2 is 1.02 bits per heavy atom. The Labute approximate surface area is 298 Å². The normalized spacial score (nSPS) is 23.8. The predicted molar refractivity (Wildman–Crippen MR) is 213 cm³/mol. The minimum absolute atomic E-state index is 1.23. The average molecular weight is 747 g/mol. The van der Waals surface area contributed by atoms with Crippen LogP contribution in [0.4, 0.5) is 0 Å². The topological polar surface area (TPSA) is 0 Å². The summed E-state index contributed by atoms with van der Waals surface area (Å²) in [6.07, 6.45) is 18.0. The molecule has 0 atom stereocenters. The van der Waals surface area contributed by atoms with E-state index >= 15 is 0 Å². The summed E-state index contributed by atoms with van der Waals surface area (Å²) in [7, 11) is 0. The molecule has 0 saturated carbocycles. The van der Waals surface area contributed by atoms with E-state index in [1.54, 1.807) is 19.6 Å². The van der Waals surface area contributed by atoms with Gasteiger partial charge in [-0.1, -0.05) is 124 Å². The number of aryl methyl sites for hydroxylation is 1. The molecule has 0 nitrogen and oxygen atoms in total. The van der Waals surface area contributed by atoms with Crippen molar-refractivity contribution in [3.05, 3.63) is 108 Å². The molecule has 5 aliphatic heterocycles. The van der Waals surface area contributed by atoms with Crippen LogP contribution in [0.15, 0.2) is 97.3 Å². The SMILES string of the molecule is Cc1ccc(C(C=C2SC3=C(SCCS3)S2)=C2SC(C=C3SC4=C(CCCC4)S3)=C(C=C3SC4=C(CCCC4)S3)S2)cc1. The molecule has 8 rings (SSSR count). The lowest BCUT2D eigenvalue weighted by Crippen LogP contribution is -1.89. The summed E-state index contributed by atoms with van der Waals surface area (Å²) in [6.45, 7) is 2.19. The zero-order valence-electron chi connectivity index (χ0n) is 23.7. The van der Waals surface area contributed by atoms with Gasteiger partial charge in [-0.05, 0) is 82.1 Å². The third-order valence-electron chi connectivity index (χ3n) is 7.73. The number of allylic oxidation sites excluding steroid dienone is 8. The number of thioether (sulfide) groups is 10. The fourth-order valence-electron chi connectivity index (χ4n) is 5.53. The van der Waals surface area contributed by atoms with Gasteiger partial charge < -0.3 is 0 Å². The van der Waals surface area contributed by atoms with Crippen LogP contribution in [0.3, 0.4) is 0 Å². The molecule has 2 aliphatic carbocycles. The quantitative estimate of drug-likeness (QED) is 0.291. The van der Waals surface area contributed by atoms with Gasteiger partial charge in [0.1, 0.15) is 0 Å². The monoisotopic (exact) mass is 746 g/mol. The number of hydrogen-bond donors (Lipinski definition) is 0. The van der Waals surface area contributed by atoms with E-state index in [9.17, 15) is 0 Å². The predicted octanol–water partition coefficient (Wildman–Crippen LogP) is 14.5. The summed E-state index contributed by atoms with van der Waals surface area (Å²) in [4.78, 5) is 9.40. The summed E-state index contributed by atoms with van der Waals surface area (Å²) in [5.41, 5.74) is 4.01. The number of benzene rings is 1. The molecule has 7 aliphatic rings. The van der Waals surface area contributed by atoms with E-state index < -0.39 is 0 Å². The van der Waals surface area contributed by atoms with Crippen LogP contribution in [-0.4, -0.2) is 11.5 Å². The summed E-state index contributed by atoms with van der Waals surface area (Å²) >= 11 is 20.3. The second-order valence-electron chi connectivity index (χ2n) is 10.9. The molecular weight excluding hydrogens is 717 g/mol. The molecule has 0 saturated heterocycles. The highest BCUT2D eigenvalue weighted by Crippen LogP contribution is 2.63. The molecule has 1 aromatic carbocycles. The molecule has 222 valence electrons. The second kappa shape index (κ2) is 14.0. The van der Waals surface area contributed by atoms with Crippen LogP contribution in [-0.2, 0) is 0 Å². The molecule has 0 bridgehead atoms. The Hall–Kier alpha value is 0.640. The van der Waals surface area contributed by atoms with Gasteiger partial charge in [-0.2, -0.15) is 0 Å². The third-order valence-corrected chi connectivity index (χ3v) is 21.3. The van der Waals surface area contributed by atoms with Crippen LogP contribution in [0.1, 0.15) is 62.5 Å². The summed E-state index contributed by atoms with van der Waals surface area (Å²) in [6, 6.07) is 9.19. The lowest BCUT2D eigenvalue weighted by atomic mass is 10.1. The maximum Gasteiger partial charge on any atom is 0.0660 e. The fourth-order valence-corrected chi connectivity index (χ4v) is 19.9. The van der Waals surface area contributed by atoms with Gasteiger partial charge >= 0.3 is 0 Å². The van der Waals surface area contributed by atoms with Gasteiger partial charge in [-0.15, -0.1) is 23.5 Å². The molecule has 0 spiro atoms. The van der Waals surface area contributed by atoms with Crippen LogP contribution >= 0.6 is 118 Å². The van der Waals surface area contributed by atoms with Crippen molar-refractivity contribution >= 4 is 123 Å². The van der Waals surface area contributed by atoms with E-state index in [-0.39, 0.29) is 0 Å². The van der Waals surface area contributed by atoms with Crippen molar-refractivity contribution in [2.45, 2.75) is 58.3 Å². The fraction of sp³-hybridized carbons (Fsp3) is 0.333. The van der Waals surface area contributed by atoms with Gasteiger partial charge in [-0.25, -0.2) is 0 Å². The van der Waals surface area contributed by atoms with Crippen molar-refractivity contribution in [2.75, 3.05) is 11.5 Å². The first-order chi connectivity index (χ1) is 21.1. The standard InChI is InChI=1S/C33H30S10/c1-19-10-12-20(13-11-19)21(16-28-42-32-33(43-28)35-15-14-34-32)31-40-26(17-29-36-22-6-2-3-7-23(22)37-29)27(41-31)18-30-38-24-8-4-5-9-25(24)39-30/h10-13,16-18H,2-9,14-15H2,1H3. The second-order valence-corrected chi connectivity index (χ2v) is 23.4. The maximum absolute atomic E-state index is 2.52. The smallest absolute Gasteiger partial charge is 0.0660 e. The minimum atomic E-state index is 1.23. The number of rotatable bonds is 4. The van der Waals surface area contributed by atoms with Crippen molar-refractivity contribution < 1.29 is 0 Å². The molecule has 43 heavy (non-hydrogen) atoms. The van der Waals surface area contributed by atoms with Crippen molar-refractivity contribution in [3.8, 4) is 0 Å². The molecule has 0 aromatic heterocycles. The van der Waals surface area contributed by atoms with Crippen molar-refractivity contribution in [2.24, 2.45) is 0 Å². The van der Waals surface area contributed by atoms with E-state index in [1.165, 1.54) is 115 Å². The first-order valence-corrected chi connectivity index (χ1v) is 23.2. The summed E-state index contributed by atoms with van der Waals surface area (Å²) in [5, 5.41) is 0. The highest BCUT2D eigenvalue weighted by Gasteiger charge is 2.30. The maximum atomic E-state index is 2.52. The highest BCUT2D eigenvalue weighted by molar-refractivity contribution is 8.41. The molecular formula is C33H30S10. The first-order valence-electron chi connectivity index (χ1n) is 14.7. The average Bonchev–Trinajstić information content (AvgIpc) is 3.81. The van der Waals surface area contributed by atoms with Gasteiger partial charge in [0.2, 0.25) is 0 Å². The summed E-state index contributed by atoms with van der Waals surface area (Å²) in [5.74, 6) is 2.45. The van der Waals surface area contributed by atoms with Crippen LogP contribution < -0.4 is 0 Å². The molecule has 0 fully saturated rings. The zero-order valence-corrected chi connectivity index (χ0v) is 31.9. The van der Waals surface area contributed by atoms with Crippen molar-refractivity contribution in [1.29, 1.82) is 0 Å². The molecule has 0 amide bonds. The molecule has 0 unspecified atom stereocenters. The highest BCUT2D eigenvalue weighted by atomic mass is 32.3. The van der Waals surface area contributed by atoms with Crippen LogP contribution in [0.2, 0.25) is 0 Å². The van der Waals surface area contributed by atoms with E-state index in [1.807, 2.05) is 70.6 Å². The Balaban J connectivity index is 1.15. The van der Waals surface area contributed by atoms with Crippen molar-refractivity contribution in [1.82, 2.24) is 0 Å². The Morgan fingerprint density at radius 1 is 0.558 bits per heavy atom. The van der Waals surface area contributed by atoms with Gasteiger partial charge in [0, 0.05) is 46.5 Å². The number of hydrogen-bond acceptors (Lipinski definition) is 10. The molecule has 10 heteroatoms. The van der Waals surface area contributed by atoms with Gasteiger partial charge in [0.15, 0.2) is 0 Å². The first kappa shape index (κ1) is 30.9. The van der Waals surface area contributed by atoms with Crippen LogP contribution in [0.25, 0.3) is 5.57 Å². The Kier molecular flexibility index (Phi) is 10.1. The van der Waals surface area contributed by atoms with Gasteiger partial charge in [0.25, 0.3) is 0 Å². The molecule has 1 aromatic rings. The Bertz CT molecular complexity index is 1490. The Morgan fingerprint density at radius 3 is 1.49 bits per heavy atom. The van der Waals surface area contributed by atoms with E-state index in [2.05, 4.69) is 96.5 Å². The molecule has 5 heterocycles. The molecule has 0 N–H and O–H groups in total. The third kappa shape index (κ3) is 7.09.